The van der Waals surface area contributed by atoms with E-state index in [9.17, 15) is 13.2 Å². The second kappa shape index (κ2) is 10.8. The van der Waals surface area contributed by atoms with E-state index in [1.54, 1.807) is 24.3 Å². The molecule has 168 valence electrons. The van der Waals surface area contributed by atoms with Gasteiger partial charge in [0.1, 0.15) is 0 Å². The van der Waals surface area contributed by atoms with Crippen LogP contribution in [0.3, 0.4) is 0 Å². The molecule has 1 N–H and O–H groups in total. The third-order valence-corrected chi connectivity index (χ3v) is 6.92. The lowest BCUT2D eigenvalue weighted by molar-refractivity contribution is 0.0951. The molecular weight excluding hydrogens is 410 g/mol. The van der Waals surface area contributed by atoms with E-state index < -0.39 is 10.0 Å². The van der Waals surface area contributed by atoms with Gasteiger partial charge >= 0.3 is 0 Å². The highest BCUT2D eigenvalue weighted by molar-refractivity contribution is 7.92. The predicted octanol–water partition coefficient (Wildman–Crippen LogP) is 3.57. The van der Waals surface area contributed by atoms with E-state index in [1.165, 1.54) is 29.8 Å². The highest BCUT2D eigenvalue weighted by atomic mass is 32.2. The van der Waals surface area contributed by atoms with E-state index in [0.29, 0.717) is 17.8 Å². The van der Waals surface area contributed by atoms with E-state index in [2.05, 4.69) is 10.2 Å². The van der Waals surface area contributed by atoms with Gasteiger partial charge in [-0.2, -0.15) is 0 Å². The Balaban J connectivity index is 1.58. The quantitative estimate of drug-likeness (QED) is 0.602. The summed E-state index contributed by atoms with van der Waals surface area (Å²) in [5.74, 6) is -0.130. The zero-order valence-electron chi connectivity index (χ0n) is 18.5. The first kappa shape index (κ1) is 23.3. The molecule has 6 nitrogen and oxygen atoms in total. The normalized spacial score (nSPS) is 14.9. The summed E-state index contributed by atoms with van der Waals surface area (Å²) in [7, 11) is -3.47. The Labute approximate surface area is 186 Å². The van der Waals surface area contributed by atoms with Crippen molar-refractivity contribution in [3.8, 4) is 0 Å². The number of rotatable bonds is 9. The lowest BCUT2D eigenvalue weighted by Gasteiger charge is -2.26. The molecule has 1 aliphatic heterocycles. The van der Waals surface area contributed by atoms with Gasteiger partial charge in [-0.1, -0.05) is 30.7 Å². The maximum Gasteiger partial charge on any atom is 0.251 e. The van der Waals surface area contributed by atoms with Crippen molar-refractivity contribution in [1.29, 1.82) is 0 Å². The molecule has 0 spiro atoms. The molecule has 0 bridgehead atoms. The van der Waals surface area contributed by atoms with E-state index in [0.717, 1.165) is 37.2 Å². The van der Waals surface area contributed by atoms with Crippen molar-refractivity contribution in [3.63, 3.8) is 0 Å². The first-order valence-electron chi connectivity index (χ1n) is 11.0. The van der Waals surface area contributed by atoms with Gasteiger partial charge in [-0.3, -0.25) is 9.10 Å². The van der Waals surface area contributed by atoms with Crippen LogP contribution in [0.25, 0.3) is 0 Å². The maximum atomic E-state index is 12.5. The molecule has 0 saturated carbocycles. The SMILES string of the molecule is Cc1ccccc1CN(c1ccc(C(=O)NCCCN2CCCCC2)cc1)S(C)(=O)=O. The topological polar surface area (TPSA) is 69.7 Å². The summed E-state index contributed by atoms with van der Waals surface area (Å²) in [4.78, 5) is 14.9. The Kier molecular flexibility index (Phi) is 8.09. The molecule has 3 rings (SSSR count). The summed E-state index contributed by atoms with van der Waals surface area (Å²) in [5, 5.41) is 2.97. The van der Waals surface area contributed by atoms with Gasteiger partial charge in [-0.25, -0.2) is 8.42 Å². The van der Waals surface area contributed by atoms with Crippen LogP contribution in [0.2, 0.25) is 0 Å². The fourth-order valence-corrected chi connectivity index (χ4v) is 4.79. The Morgan fingerprint density at radius 1 is 1.03 bits per heavy atom. The van der Waals surface area contributed by atoms with Crippen LogP contribution in [0, 0.1) is 6.92 Å². The van der Waals surface area contributed by atoms with Crippen LogP contribution in [0.5, 0.6) is 0 Å². The summed E-state index contributed by atoms with van der Waals surface area (Å²) in [6.07, 6.45) is 6.00. The number of hydrogen-bond acceptors (Lipinski definition) is 4. The van der Waals surface area contributed by atoms with Crippen molar-refractivity contribution in [3.05, 3.63) is 65.2 Å². The minimum atomic E-state index is -3.47. The lowest BCUT2D eigenvalue weighted by Crippen LogP contribution is -2.33. The Morgan fingerprint density at radius 2 is 1.71 bits per heavy atom. The molecular formula is C24H33N3O3S. The number of aryl methyl sites for hydroxylation is 1. The smallest absolute Gasteiger partial charge is 0.251 e. The molecule has 0 radical (unpaired) electrons. The van der Waals surface area contributed by atoms with Crippen molar-refractivity contribution in [2.45, 2.75) is 39.2 Å². The molecule has 1 amide bonds. The van der Waals surface area contributed by atoms with Crippen LogP contribution in [0.1, 0.15) is 47.2 Å². The summed E-state index contributed by atoms with van der Waals surface area (Å²) in [6.45, 7) is 6.20. The van der Waals surface area contributed by atoms with Crippen LogP contribution < -0.4 is 9.62 Å². The van der Waals surface area contributed by atoms with Gasteiger partial charge in [-0.15, -0.1) is 0 Å². The molecule has 1 aliphatic rings. The summed E-state index contributed by atoms with van der Waals surface area (Å²) >= 11 is 0. The van der Waals surface area contributed by atoms with E-state index in [-0.39, 0.29) is 12.5 Å². The van der Waals surface area contributed by atoms with Crippen molar-refractivity contribution < 1.29 is 13.2 Å². The minimum Gasteiger partial charge on any atom is -0.352 e. The third kappa shape index (κ3) is 6.80. The number of carbonyl (C=O) groups excluding carboxylic acids is 1. The van der Waals surface area contributed by atoms with Gasteiger partial charge in [-0.05, 0) is 81.2 Å². The van der Waals surface area contributed by atoms with Crippen molar-refractivity contribution in [1.82, 2.24) is 10.2 Å². The standard InChI is InChI=1S/C24H33N3O3S/c1-20-9-4-5-10-22(20)19-27(31(2,29)30)23-13-11-21(12-14-23)24(28)25-15-8-18-26-16-6-3-7-17-26/h4-5,9-14H,3,6-8,15-19H2,1-2H3,(H,25,28). The van der Waals surface area contributed by atoms with Gasteiger partial charge in [0.2, 0.25) is 10.0 Å². The molecule has 2 aromatic rings. The molecule has 1 fully saturated rings. The van der Waals surface area contributed by atoms with Gasteiger partial charge in [0.15, 0.2) is 0 Å². The monoisotopic (exact) mass is 443 g/mol. The fourth-order valence-electron chi connectivity index (χ4n) is 3.91. The largest absolute Gasteiger partial charge is 0.352 e. The number of amides is 1. The molecule has 2 aromatic carbocycles. The number of carbonyl (C=O) groups is 1. The maximum absolute atomic E-state index is 12.5. The van der Waals surface area contributed by atoms with Crippen LogP contribution >= 0.6 is 0 Å². The van der Waals surface area contributed by atoms with E-state index in [4.69, 9.17) is 0 Å². The molecule has 1 heterocycles. The van der Waals surface area contributed by atoms with Crippen LogP contribution in [-0.2, 0) is 16.6 Å². The van der Waals surface area contributed by atoms with Crippen LogP contribution in [0.15, 0.2) is 48.5 Å². The summed E-state index contributed by atoms with van der Waals surface area (Å²) in [6, 6.07) is 14.5. The third-order valence-electron chi connectivity index (χ3n) is 5.78. The molecule has 31 heavy (non-hydrogen) atoms. The van der Waals surface area contributed by atoms with E-state index in [1.807, 2.05) is 31.2 Å². The zero-order valence-corrected chi connectivity index (χ0v) is 19.3. The average Bonchev–Trinajstić information content (AvgIpc) is 2.76. The van der Waals surface area contributed by atoms with Gasteiger partial charge in [0.25, 0.3) is 5.91 Å². The number of nitrogens with one attached hydrogen (secondary N) is 1. The molecule has 1 saturated heterocycles. The minimum absolute atomic E-state index is 0.130. The first-order valence-corrected chi connectivity index (χ1v) is 12.8. The number of anilines is 1. The molecule has 0 aliphatic carbocycles. The van der Waals surface area contributed by atoms with E-state index >= 15 is 0 Å². The Hall–Kier alpha value is -2.38. The van der Waals surface area contributed by atoms with Gasteiger partial charge in [0, 0.05) is 12.1 Å². The number of nitrogens with zero attached hydrogens (tertiary/aromatic N) is 2. The number of piperidine rings is 1. The highest BCUT2D eigenvalue weighted by Gasteiger charge is 2.19. The predicted molar refractivity (Wildman–Crippen MR) is 126 cm³/mol. The highest BCUT2D eigenvalue weighted by Crippen LogP contribution is 2.22. The molecule has 0 atom stereocenters. The first-order chi connectivity index (χ1) is 14.8. The fraction of sp³-hybridized carbons (Fsp3) is 0.458. The van der Waals surface area contributed by atoms with Crippen molar-refractivity contribution >= 4 is 21.6 Å². The number of sulfonamides is 1. The Morgan fingerprint density at radius 3 is 2.35 bits per heavy atom. The van der Waals surface area contributed by atoms with Crippen LogP contribution in [0.4, 0.5) is 5.69 Å². The molecule has 7 heteroatoms. The molecule has 0 unspecified atom stereocenters. The second-order valence-electron chi connectivity index (χ2n) is 8.25. The van der Waals surface area contributed by atoms with Gasteiger partial charge in [0.05, 0.1) is 18.5 Å². The number of hydrogen-bond donors (Lipinski definition) is 1. The second-order valence-corrected chi connectivity index (χ2v) is 10.2. The average molecular weight is 444 g/mol. The van der Waals surface area contributed by atoms with Gasteiger partial charge < -0.3 is 10.2 Å². The lowest BCUT2D eigenvalue weighted by atomic mass is 10.1. The summed E-state index contributed by atoms with van der Waals surface area (Å²) in [5.41, 5.74) is 3.07. The summed E-state index contributed by atoms with van der Waals surface area (Å²) < 4.78 is 26.2. The van der Waals surface area contributed by atoms with Crippen molar-refractivity contribution in [2.75, 3.05) is 36.7 Å². The van der Waals surface area contributed by atoms with Crippen LogP contribution in [-0.4, -0.2) is 51.7 Å². The number of likely N-dealkylation sites (tertiary alicyclic amines) is 1. The number of benzene rings is 2. The zero-order chi connectivity index (χ0) is 22.3. The van der Waals surface area contributed by atoms with Crippen molar-refractivity contribution in [2.24, 2.45) is 0 Å². The Bertz CT molecular complexity index is 968. The molecule has 0 aromatic heterocycles.